The molecule has 2 aliphatic rings. The van der Waals surface area contributed by atoms with Gasteiger partial charge in [0.05, 0.1) is 0 Å². The highest BCUT2D eigenvalue weighted by molar-refractivity contribution is 5.89. The molecule has 2 heteroatoms. The summed E-state index contributed by atoms with van der Waals surface area (Å²) in [6.07, 6.45) is 6.05. The Hall–Kier alpha value is -0.370. The lowest BCUT2D eigenvalue weighted by molar-refractivity contribution is -0.145. The van der Waals surface area contributed by atoms with Gasteiger partial charge < -0.3 is 4.74 Å². The van der Waals surface area contributed by atoms with E-state index in [2.05, 4.69) is 0 Å². The molecule has 1 saturated heterocycles. The van der Waals surface area contributed by atoms with Gasteiger partial charge in [-0.25, -0.2) is 0 Å². The van der Waals surface area contributed by atoms with E-state index >= 15 is 0 Å². The van der Waals surface area contributed by atoms with Gasteiger partial charge in [-0.05, 0) is 32.1 Å². The van der Waals surface area contributed by atoms with Gasteiger partial charge in [0.2, 0.25) is 0 Å². The van der Waals surface area contributed by atoms with Crippen molar-refractivity contribution in [2.24, 2.45) is 0 Å². The minimum absolute atomic E-state index is 0.307. The topological polar surface area (TPSA) is 26.3 Å². The Morgan fingerprint density at radius 3 is 2.55 bits per heavy atom. The SMILES string of the molecule is O=C1CCC[C@]12CCCCO2. The smallest absolute Gasteiger partial charge is 0.164 e. The molecule has 0 aromatic heterocycles. The highest BCUT2D eigenvalue weighted by atomic mass is 16.5. The van der Waals surface area contributed by atoms with Gasteiger partial charge in [-0.1, -0.05) is 0 Å². The summed E-state index contributed by atoms with van der Waals surface area (Å²) in [4.78, 5) is 11.4. The molecule has 1 heterocycles. The number of ether oxygens (including phenoxy) is 1. The molecule has 2 rings (SSSR count). The quantitative estimate of drug-likeness (QED) is 0.530. The molecule has 0 aromatic rings. The fourth-order valence-electron chi connectivity index (χ4n) is 2.17. The normalized spacial score (nSPS) is 38.4. The number of ketones is 1. The Morgan fingerprint density at radius 1 is 1.18 bits per heavy atom. The lowest BCUT2D eigenvalue weighted by atomic mass is 9.91. The predicted molar refractivity (Wildman–Crippen MR) is 41.4 cm³/mol. The van der Waals surface area contributed by atoms with Crippen LogP contribution in [0.25, 0.3) is 0 Å². The first-order valence-corrected chi connectivity index (χ1v) is 4.51. The molecule has 1 aliphatic carbocycles. The maximum atomic E-state index is 11.4. The van der Waals surface area contributed by atoms with Crippen molar-refractivity contribution in [3.8, 4) is 0 Å². The van der Waals surface area contributed by atoms with Gasteiger partial charge in [-0.15, -0.1) is 0 Å². The Kier molecular flexibility index (Phi) is 1.72. The molecule has 1 saturated carbocycles. The third-order valence-corrected chi connectivity index (χ3v) is 2.85. The number of hydrogen-bond acceptors (Lipinski definition) is 2. The van der Waals surface area contributed by atoms with Crippen LogP contribution in [0, 0.1) is 0 Å². The third kappa shape index (κ3) is 1.09. The average Bonchev–Trinajstić information content (AvgIpc) is 2.36. The third-order valence-electron chi connectivity index (χ3n) is 2.85. The van der Waals surface area contributed by atoms with Gasteiger partial charge in [0.15, 0.2) is 5.78 Å². The molecule has 1 atom stereocenters. The van der Waals surface area contributed by atoms with Crippen molar-refractivity contribution in [2.75, 3.05) is 6.61 Å². The summed E-state index contributed by atoms with van der Waals surface area (Å²) in [6, 6.07) is 0. The van der Waals surface area contributed by atoms with E-state index in [0.717, 1.165) is 38.7 Å². The molecular weight excluding hydrogens is 140 g/mol. The first-order valence-electron chi connectivity index (χ1n) is 4.51. The molecule has 1 aliphatic heterocycles. The van der Waals surface area contributed by atoms with Crippen LogP contribution in [0.4, 0.5) is 0 Å². The maximum absolute atomic E-state index is 11.4. The highest BCUT2D eigenvalue weighted by Gasteiger charge is 2.43. The molecule has 0 aromatic carbocycles. The van der Waals surface area contributed by atoms with Gasteiger partial charge in [0, 0.05) is 13.0 Å². The van der Waals surface area contributed by atoms with Crippen molar-refractivity contribution >= 4 is 5.78 Å². The van der Waals surface area contributed by atoms with Crippen LogP contribution in [0.2, 0.25) is 0 Å². The van der Waals surface area contributed by atoms with Crippen LogP contribution >= 0.6 is 0 Å². The molecule has 1 spiro atoms. The molecule has 62 valence electrons. The van der Waals surface area contributed by atoms with Crippen LogP contribution in [0.1, 0.15) is 38.5 Å². The standard InChI is InChI=1S/C9H14O2/c10-8-4-3-6-9(8)5-1-2-7-11-9/h1-7H2/t9-/m1/s1. The minimum atomic E-state index is -0.307. The highest BCUT2D eigenvalue weighted by Crippen LogP contribution is 2.37. The summed E-state index contributed by atoms with van der Waals surface area (Å²) in [7, 11) is 0. The Balaban J connectivity index is 2.12. The first kappa shape index (κ1) is 7.29. The van der Waals surface area contributed by atoms with E-state index in [0.29, 0.717) is 5.78 Å². The van der Waals surface area contributed by atoms with Crippen LogP contribution in [0.15, 0.2) is 0 Å². The Labute approximate surface area is 66.9 Å². The summed E-state index contributed by atoms with van der Waals surface area (Å²) >= 11 is 0. The number of hydrogen-bond donors (Lipinski definition) is 0. The summed E-state index contributed by atoms with van der Waals surface area (Å²) < 4.78 is 5.59. The summed E-state index contributed by atoms with van der Waals surface area (Å²) in [5.41, 5.74) is -0.307. The maximum Gasteiger partial charge on any atom is 0.164 e. The largest absolute Gasteiger partial charge is 0.367 e. The van der Waals surface area contributed by atoms with E-state index in [-0.39, 0.29) is 5.60 Å². The van der Waals surface area contributed by atoms with Gasteiger partial charge in [0.25, 0.3) is 0 Å². The van der Waals surface area contributed by atoms with E-state index < -0.39 is 0 Å². The molecule has 0 radical (unpaired) electrons. The number of rotatable bonds is 0. The average molecular weight is 154 g/mol. The lowest BCUT2D eigenvalue weighted by Crippen LogP contribution is -2.39. The number of carbonyl (C=O) groups excluding carboxylic acids is 1. The van der Waals surface area contributed by atoms with Crippen molar-refractivity contribution in [3.63, 3.8) is 0 Å². The van der Waals surface area contributed by atoms with Gasteiger partial charge in [-0.2, -0.15) is 0 Å². The van der Waals surface area contributed by atoms with Gasteiger partial charge in [0.1, 0.15) is 5.60 Å². The molecule has 2 nitrogen and oxygen atoms in total. The lowest BCUT2D eigenvalue weighted by Gasteiger charge is -2.31. The second kappa shape index (κ2) is 2.59. The number of Topliss-reactive ketones (excluding diaryl/α,β-unsaturated/α-hetero) is 1. The molecule has 0 N–H and O–H groups in total. The summed E-state index contributed by atoms with van der Waals surface area (Å²) in [6.45, 7) is 0.797. The van der Waals surface area contributed by atoms with Crippen LogP contribution in [0.5, 0.6) is 0 Å². The van der Waals surface area contributed by atoms with Crippen LogP contribution in [0.3, 0.4) is 0 Å². The molecular formula is C9H14O2. The molecule has 11 heavy (non-hydrogen) atoms. The second-order valence-electron chi connectivity index (χ2n) is 3.58. The second-order valence-corrected chi connectivity index (χ2v) is 3.58. The zero-order valence-corrected chi connectivity index (χ0v) is 6.77. The monoisotopic (exact) mass is 154 g/mol. The Bertz CT molecular complexity index is 168. The molecule has 0 bridgehead atoms. The fraction of sp³-hybridized carbons (Fsp3) is 0.889. The van der Waals surface area contributed by atoms with Crippen LogP contribution in [-0.4, -0.2) is 18.0 Å². The van der Waals surface area contributed by atoms with E-state index in [1.807, 2.05) is 0 Å². The van der Waals surface area contributed by atoms with Crippen molar-refractivity contribution in [2.45, 2.75) is 44.1 Å². The van der Waals surface area contributed by atoms with E-state index in [1.54, 1.807) is 0 Å². The van der Waals surface area contributed by atoms with Gasteiger partial charge in [-0.3, -0.25) is 4.79 Å². The van der Waals surface area contributed by atoms with Crippen LogP contribution in [-0.2, 0) is 9.53 Å². The minimum Gasteiger partial charge on any atom is -0.367 e. The van der Waals surface area contributed by atoms with Crippen molar-refractivity contribution < 1.29 is 9.53 Å². The number of carbonyl (C=O) groups is 1. The van der Waals surface area contributed by atoms with E-state index in [9.17, 15) is 4.79 Å². The zero-order valence-electron chi connectivity index (χ0n) is 6.77. The van der Waals surface area contributed by atoms with Crippen molar-refractivity contribution in [1.29, 1.82) is 0 Å². The van der Waals surface area contributed by atoms with Crippen LogP contribution < -0.4 is 0 Å². The summed E-state index contributed by atoms with van der Waals surface area (Å²) in [5, 5.41) is 0. The van der Waals surface area contributed by atoms with Crippen molar-refractivity contribution in [1.82, 2.24) is 0 Å². The molecule has 2 fully saturated rings. The van der Waals surface area contributed by atoms with E-state index in [4.69, 9.17) is 4.74 Å². The van der Waals surface area contributed by atoms with E-state index in [1.165, 1.54) is 6.42 Å². The van der Waals surface area contributed by atoms with Gasteiger partial charge >= 0.3 is 0 Å². The first-order chi connectivity index (χ1) is 5.33. The van der Waals surface area contributed by atoms with Crippen molar-refractivity contribution in [3.05, 3.63) is 0 Å². The zero-order chi connectivity index (χ0) is 7.73. The summed E-state index contributed by atoms with van der Waals surface area (Å²) in [5.74, 6) is 0.359. The molecule has 0 amide bonds. The predicted octanol–water partition coefficient (Wildman–Crippen LogP) is 1.68. The Morgan fingerprint density at radius 2 is 2.00 bits per heavy atom. The molecule has 0 unspecified atom stereocenters. The fourth-order valence-corrected chi connectivity index (χ4v) is 2.17.